The fraction of sp³-hybridized carbons (Fsp3) is 0.333. The summed E-state index contributed by atoms with van der Waals surface area (Å²) < 4.78 is 1.55. The Labute approximate surface area is 156 Å². The number of tetrazole rings is 1. The number of nitrogens with one attached hydrogen (secondary N) is 1. The van der Waals surface area contributed by atoms with Gasteiger partial charge in [-0.05, 0) is 34.0 Å². The largest absolute Gasteiger partial charge is 0.349 e. The van der Waals surface area contributed by atoms with Crippen LogP contribution < -0.4 is 5.32 Å². The van der Waals surface area contributed by atoms with E-state index in [2.05, 4.69) is 60.0 Å². The van der Waals surface area contributed by atoms with Gasteiger partial charge in [-0.15, -0.1) is 5.10 Å². The second kappa shape index (κ2) is 8.00. The summed E-state index contributed by atoms with van der Waals surface area (Å²) in [5, 5.41) is 14.6. The predicted octanol–water partition coefficient (Wildman–Crippen LogP) is 0.338. The van der Waals surface area contributed by atoms with Crippen molar-refractivity contribution in [3.8, 4) is 0 Å². The normalized spacial score (nSPS) is 13.9. The predicted molar refractivity (Wildman–Crippen MR) is 96.0 cm³/mol. The minimum atomic E-state index is -0.161. The van der Waals surface area contributed by atoms with Gasteiger partial charge < -0.3 is 5.32 Å². The standard InChI is InChI=1S/C18H20N8O/c27-18(20-9-16-5-7-19-13-21-16)12-26-17(22-23-24-26)11-25-8-6-14-3-1-2-4-15(14)10-25/h1-5,7,13H,6,8-12H2,(H,20,27). The number of hydrogen-bond acceptors (Lipinski definition) is 7. The third-order valence-electron chi connectivity index (χ3n) is 4.58. The first-order valence-corrected chi connectivity index (χ1v) is 8.84. The molecule has 1 amide bonds. The highest BCUT2D eigenvalue weighted by Gasteiger charge is 2.19. The summed E-state index contributed by atoms with van der Waals surface area (Å²) in [5.74, 6) is 0.526. The zero-order valence-corrected chi connectivity index (χ0v) is 14.8. The zero-order chi connectivity index (χ0) is 18.5. The number of benzene rings is 1. The van der Waals surface area contributed by atoms with Crippen molar-refractivity contribution in [1.82, 2.24) is 40.4 Å². The number of carbonyl (C=O) groups excluding carboxylic acids is 1. The van der Waals surface area contributed by atoms with E-state index in [1.54, 1.807) is 16.9 Å². The number of aromatic nitrogens is 6. The molecule has 0 saturated heterocycles. The average Bonchev–Trinajstić information content (AvgIpc) is 3.13. The molecular formula is C18H20N8O. The molecule has 2 aromatic heterocycles. The summed E-state index contributed by atoms with van der Waals surface area (Å²) >= 11 is 0. The minimum absolute atomic E-state index is 0.0812. The second-order valence-corrected chi connectivity index (χ2v) is 6.46. The Morgan fingerprint density at radius 2 is 2.07 bits per heavy atom. The van der Waals surface area contributed by atoms with E-state index in [4.69, 9.17) is 0 Å². The third-order valence-corrected chi connectivity index (χ3v) is 4.58. The van der Waals surface area contributed by atoms with Crippen molar-refractivity contribution in [2.75, 3.05) is 6.54 Å². The zero-order valence-electron chi connectivity index (χ0n) is 14.8. The molecule has 9 heteroatoms. The molecule has 27 heavy (non-hydrogen) atoms. The van der Waals surface area contributed by atoms with Crippen LogP contribution in [0.3, 0.4) is 0 Å². The topological polar surface area (TPSA) is 102 Å². The van der Waals surface area contributed by atoms with Crippen LogP contribution in [0.2, 0.25) is 0 Å². The highest BCUT2D eigenvalue weighted by atomic mass is 16.2. The van der Waals surface area contributed by atoms with Crippen LogP contribution in [0.15, 0.2) is 42.9 Å². The lowest BCUT2D eigenvalue weighted by Gasteiger charge is -2.28. The average molecular weight is 364 g/mol. The van der Waals surface area contributed by atoms with Crippen LogP contribution in [-0.2, 0) is 37.4 Å². The van der Waals surface area contributed by atoms with Crippen LogP contribution in [0.4, 0.5) is 0 Å². The molecule has 3 aromatic rings. The molecule has 1 aromatic carbocycles. The van der Waals surface area contributed by atoms with Crippen molar-refractivity contribution < 1.29 is 4.79 Å². The number of amides is 1. The van der Waals surface area contributed by atoms with E-state index in [0.29, 0.717) is 18.9 Å². The minimum Gasteiger partial charge on any atom is -0.349 e. The van der Waals surface area contributed by atoms with Crippen molar-refractivity contribution in [3.63, 3.8) is 0 Å². The highest BCUT2D eigenvalue weighted by molar-refractivity contribution is 5.75. The molecule has 0 aliphatic carbocycles. The molecule has 0 saturated carbocycles. The summed E-state index contributed by atoms with van der Waals surface area (Å²) in [6.07, 6.45) is 4.11. The van der Waals surface area contributed by atoms with Gasteiger partial charge in [0.15, 0.2) is 5.82 Å². The van der Waals surface area contributed by atoms with Gasteiger partial charge in [0.05, 0.1) is 18.8 Å². The van der Waals surface area contributed by atoms with Crippen LogP contribution in [0, 0.1) is 0 Å². The van der Waals surface area contributed by atoms with E-state index in [9.17, 15) is 4.79 Å². The lowest BCUT2D eigenvalue weighted by molar-refractivity contribution is -0.122. The lowest BCUT2D eigenvalue weighted by atomic mass is 10.00. The molecule has 0 radical (unpaired) electrons. The maximum atomic E-state index is 12.2. The van der Waals surface area contributed by atoms with E-state index in [-0.39, 0.29) is 12.5 Å². The SMILES string of the molecule is O=C(Cn1nnnc1CN1CCc2ccccc2C1)NCc1ccncn1. The molecule has 138 valence electrons. The van der Waals surface area contributed by atoms with Crippen LogP contribution in [0.5, 0.6) is 0 Å². The Hall–Kier alpha value is -3.20. The molecule has 1 aliphatic heterocycles. The number of rotatable bonds is 6. The second-order valence-electron chi connectivity index (χ2n) is 6.46. The molecule has 1 N–H and O–H groups in total. The summed E-state index contributed by atoms with van der Waals surface area (Å²) in [6, 6.07) is 10.2. The smallest absolute Gasteiger partial charge is 0.242 e. The molecule has 0 bridgehead atoms. The van der Waals surface area contributed by atoms with Gasteiger partial charge >= 0.3 is 0 Å². The summed E-state index contributed by atoms with van der Waals surface area (Å²) in [5.41, 5.74) is 3.49. The maximum absolute atomic E-state index is 12.2. The number of hydrogen-bond donors (Lipinski definition) is 1. The molecular weight excluding hydrogens is 344 g/mol. The Bertz CT molecular complexity index is 910. The molecule has 9 nitrogen and oxygen atoms in total. The van der Waals surface area contributed by atoms with Gasteiger partial charge in [0.25, 0.3) is 0 Å². The first kappa shape index (κ1) is 17.2. The Balaban J connectivity index is 1.34. The number of nitrogens with zero attached hydrogens (tertiary/aromatic N) is 7. The van der Waals surface area contributed by atoms with Crippen molar-refractivity contribution >= 4 is 5.91 Å². The van der Waals surface area contributed by atoms with Gasteiger partial charge in [0.2, 0.25) is 5.91 Å². The molecule has 0 atom stereocenters. The fourth-order valence-corrected chi connectivity index (χ4v) is 3.15. The molecule has 0 unspecified atom stereocenters. The summed E-state index contributed by atoms with van der Waals surface area (Å²) in [4.78, 5) is 22.4. The van der Waals surface area contributed by atoms with Gasteiger partial charge in [-0.3, -0.25) is 9.69 Å². The molecule has 0 spiro atoms. The van der Waals surface area contributed by atoms with Crippen LogP contribution >= 0.6 is 0 Å². The van der Waals surface area contributed by atoms with Crippen LogP contribution in [0.25, 0.3) is 0 Å². The third kappa shape index (κ3) is 4.32. The molecule has 3 heterocycles. The lowest BCUT2D eigenvalue weighted by Crippen LogP contribution is -2.33. The number of carbonyl (C=O) groups is 1. The van der Waals surface area contributed by atoms with E-state index >= 15 is 0 Å². The Morgan fingerprint density at radius 1 is 1.19 bits per heavy atom. The van der Waals surface area contributed by atoms with Gasteiger partial charge in [-0.2, -0.15) is 0 Å². The maximum Gasteiger partial charge on any atom is 0.242 e. The van der Waals surface area contributed by atoms with Crippen molar-refractivity contribution in [1.29, 1.82) is 0 Å². The van der Waals surface area contributed by atoms with Gasteiger partial charge in [0.1, 0.15) is 12.9 Å². The summed E-state index contributed by atoms with van der Waals surface area (Å²) in [7, 11) is 0. The van der Waals surface area contributed by atoms with Crippen molar-refractivity contribution in [3.05, 3.63) is 65.5 Å². The monoisotopic (exact) mass is 364 g/mol. The molecule has 0 fully saturated rings. The van der Waals surface area contributed by atoms with Gasteiger partial charge in [0, 0.05) is 19.3 Å². The first-order valence-electron chi connectivity index (χ1n) is 8.84. The van der Waals surface area contributed by atoms with Crippen molar-refractivity contribution in [2.24, 2.45) is 0 Å². The van der Waals surface area contributed by atoms with E-state index in [0.717, 1.165) is 25.2 Å². The Kier molecular flexibility index (Phi) is 5.10. The van der Waals surface area contributed by atoms with Gasteiger partial charge in [-0.25, -0.2) is 14.6 Å². The van der Waals surface area contributed by atoms with Crippen molar-refractivity contribution in [2.45, 2.75) is 32.6 Å². The van der Waals surface area contributed by atoms with Crippen LogP contribution in [0.1, 0.15) is 22.6 Å². The quantitative estimate of drug-likeness (QED) is 0.673. The summed E-state index contributed by atoms with van der Waals surface area (Å²) in [6.45, 7) is 2.85. The molecule has 1 aliphatic rings. The Morgan fingerprint density at radius 3 is 2.93 bits per heavy atom. The van der Waals surface area contributed by atoms with Crippen LogP contribution in [-0.4, -0.2) is 47.5 Å². The molecule has 4 rings (SSSR count). The van der Waals surface area contributed by atoms with Gasteiger partial charge in [-0.1, -0.05) is 24.3 Å². The van der Waals surface area contributed by atoms with E-state index < -0.39 is 0 Å². The van der Waals surface area contributed by atoms with E-state index in [1.807, 2.05) is 0 Å². The fourth-order valence-electron chi connectivity index (χ4n) is 3.15. The highest BCUT2D eigenvalue weighted by Crippen LogP contribution is 2.19. The first-order chi connectivity index (χ1) is 13.3. The number of fused-ring (bicyclic) bond motifs is 1. The van der Waals surface area contributed by atoms with E-state index in [1.165, 1.54) is 17.5 Å².